The highest BCUT2D eigenvalue weighted by Crippen LogP contribution is 2.50. The molecule has 3 saturated carbocycles. The van der Waals surface area contributed by atoms with Gasteiger partial charge in [-0.1, -0.05) is 121 Å². The van der Waals surface area contributed by atoms with E-state index in [1.165, 1.54) is 96.1 Å². The van der Waals surface area contributed by atoms with Crippen LogP contribution in [-0.4, -0.2) is 59.5 Å². The van der Waals surface area contributed by atoms with E-state index in [1.807, 2.05) is 0 Å². The van der Waals surface area contributed by atoms with Gasteiger partial charge in [0.25, 0.3) is 11.8 Å². The first-order valence-corrected chi connectivity index (χ1v) is 27.2. The number of ether oxygens (including phenoxy) is 2. The molecule has 2 aromatic carbocycles. The van der Waals surface area contributed by atoms with Gasteiger partial charge in [-0.15, -0.1) is 0 Å². The summed E-state index contributed by atoms with van der Waals surface area (Å²) < 4.78 is 15.5. The Balaban J connectivity index is 0.000000188. The SMILES string of the molecule is Cc1c(C(=O)NC2COC2)cc(-c2cc(C(C)(C)C)cc(C(C)(C)C)c2)n1CC1CC2CCC1C2.Cc1c(C(=O)NC2COC2)cc(-c2cc(C(C)(C)C)cc(C(C)(C)C)c2)n1CC1CCC(C)CC1. The summed E-state index contributed by atoms with van der Waals surface area (Å²) in [6, 6.07) is 18.7. The number of carbonyl (C=O) groups excluding carboxylic acids is 2. The predicted molar refractivity (Wildman–Crippen MR) is 288 cm³/mol. The van der Waals surface area contributed by atoms with Gasteiger partial charge in [0.2, 0.25) is 0 Å². The normalized spacial score (nSPS) is 23.1. The number of hydrogen-bond donors (Lipinski definition) is 2. The van der Waals surface area contributed by atoms with Crippen LogP contribution in [0.4, 0.5) is 0 Å². The second-order valence-electron chi connectivity index (χ2n) is 26.9. The number of nitrogens with one attached hydrogen (secondary N) is 2. The van der Waals surface area contributed by atoms with E-state index in [-0.39, 0.29) is 45.6 Å². The highest BCUT2D eigenvalue weighted by Gasteiger charge is 2.40. The molecule has 8 nitrogen and oxygen atoms in total. The number of fused-ring (bicyclic) bond motifs is 2. The lowest BCUT2D eigenvalue weighted by molar-refractivity contribution is -0.00348. The standard InChI is InChI=1S/C31H44N2O2.C31H46N2O2/c1-19-27(29(34)32-26-17-35-18-26)15-28(33(19)16-23-11-20-8-9-21(23)10-20)22-12-24(30(2,3)4)14-25(13-22)31(5,6)7;1-20-9-11-22(12-10-20)17-33-21(2)27(29(34)32-26-18-35-19-26)16-28(33)23-13-24(30(3,4)5)15-25(14-23)31(6,7)8/h12-15,20-21,23,26H,8-11,16-18H2,1-7H3,(H,32,34);13-16,20,22,26H,9-12,17-19H2,1-8H3,(H,32,34). The van der Waals surface area contributed by atoms with E-state index >= 15 is 0 Å². The smallest absolute Gasteiger partial charge is 0.253 e. The van der Waals surface area contributed by atoms with Gasteiger partial charge < -0.3 is 29.2 Å². The molecule has 8 heteroatoms. The van der Waals surface area contributed by atoms with Gasteiger partial charge in [0.05, 0.1) is 49.6 Å². The lowest BCUT2D eigenvalue weighted by Crippen LogP contribution is -2.48. The van der Waals surface area contributed by atoms with E-state index in [0.717, 1.165) is 59.3 Å². The Morgan fingerprint density at radius 3 is 1.26 bits per heavy atom. The Bertz CT molecular complexity index is 2450. The molecule has 2 aliphatic heterocycles. The Morgan fingerprint density at radius 2 is 0.929 bits per heavy atom. The van der Waals surface area contributed by atoms with E-state index in [9.17, 15) is 9.59 Å². The maximum atomic E-state index is 13.3. The monoisotopic (exact) mass is 955 g/mol. The molecule has 2 bridgehead atoms. The second-order valence-corrected chi connectivity index (χ2v) is 26.9. The molecule has 5 aliphatic rings. The van der Waals surface area contributed by atoms with Crippen molar-refractivity contribution in [3.8, 4) is 22.5 Å². The second kappa shape index (κ2) is 20.0. The molecular weight excluding hydrogens is 865 g/mol. The maximum absolute atomic E-state index is 13.3. The lowest BCUT2D eigenvalue weighted by atomic mass is 9.79. The fourth-order valence-corrected chi connectivity index (χ4v) is 11.8. The summed E-state index contributed by atoms with van der Waals surface area (Å²) in [4.78, 5) is 26.6. The zero-order valence-corrected chi connectivity index (χ0v) is 46.1. The summed E-state index contributed by atoms with van der Waals surface area (Å²) in [6.45, 7) is 38.5. The van der Waals surface area contributed by atoms with Crippen LogP contribution in [0.25, 0.3) is 22.5 Å². The fraction of sp³-hybridized carbons (Fsp3) is 0.645. The van der Waals surface area contributed by atoms with Crippen LogP contribution in [0.2, 0.25) is 0 Å². The number of nitrogens with zero attached hydrogens (tertiary/aromatic N) is 2. The summed E-state index contributed by atoms with van der Waals surface area (Å²) in [5.41, 5.74) is 14.2. The third kappa shape index (κ3) is 11.7. The summed E-state index contributed by atoms with van der Waals surface area (Å²) in [7, 11) is 0. The van der Waals surface area contributed by atoms with Gasteiger partial charge >= 0.3 is 0 Å². The molecule has 3 unspecified atom stereocenters. The molecule has 3 aliphatic carbocycles. The molecule has 4 heterocycles. The average Bonchev–Trinajstić information content (AvgIpc) is 4.03. The molecule has 2 aromatic heterocycles. The van der Waals surface area contributed by atoms with Gasteiger partial charge in [-0.2, -0.15) is 0 Å². The molecule has 0 radical (unpaired) electrons. The van der Waals surface area contributed by atoms with Crippen molar-refractivity contribution < 1.29 is 19.1 Å². The Morgan fingerprint density at radius 1 is 0.529 bits per heavy atom. The molecule has 4 aromatic rings. The van der Waals surface area contributed by atoms with E-state index in [1.54, 1.807) is 0 Å². The summed E-state index contributed by atoms with van der Waals surface area (Å²) >= 11 is 0. The van der Waals surface area contributed by atoms with Crippen LogP contribution in [0.3, 0.4) is 0 Å². The summed E-state index contributed by atoms with van der Waals surface area (Å²) in [6.07, 6.45) is 10.7. The minimum Gasteiger partial charge on any atom is -0.377 e. The molecule has 0 spiro atoms. The third-order valence-electron chi connectivity index (χ3n) is 17.0. The zero-order chi connectivity index (χ0) is 50.7. The van der Waals surface area contributed by atoms with E-state index in [4.69, 9.17) is 9.47 Å². The lowest BCUT2D eigenvalue weighted by Gasteiger charge is -2.29. The van der Waals surface area contributed by atoms with Crippen molar-refractivity contribution in [2.45, 2.75) is 202 Å². The van der Waals surface area contributed by atoms with Gasteiger partial charge in [0, 0.05) is 35.9 Å². The number of rotatable bonds is 10. The average molecular weight is 955 g/mol. The molecule has 70 heavy (non-hydrogen) atoms. The van der Waals surface area contributed by atoms with Crippen molar-refractivity contribution in [3.63, 3.8) is 0 Å². The van der Waals surface area contributed by atoms with Gasteiger partial charge in [-0.3, -0.25) is 9.59 Å². The zero-order valence-electron chi connectivity index (χ0n) is 46.1. The van der Waals surface area contributed by atoms with Crippen LogP contribution < -0.4 is 10.6 Å². The number of benzene rings is 2. The first kappa shape index (κ1) is 52.2. The molecule has 2 N–H and O–H groups in total. The number of hydrogen-bond acceptors (Lipinski definition) is 4. The van der Waals surface area contributed by atoms with Crippen LogP contribution in [0.5, 0.6) is 0 Å². The van der Waals surface area contributed by atoms with Crippen molar-refractivity contribution in [2.75, 3.05) is 26.4 Å². The van der Waals surface area contributed by atoms with Crippen molar-refractivity contribution in [3.05, 3.63) is 93.3 Å². The number of aromatic nitrogens is 2. The van der Waals surface area contributed by atoms with Gasteiger partial charge in [0.1, 0.15) is 0 Å². The molecule has 2 saturated heterocycles. The fourth-order valence-electron chi connectivity index (χ4n) is 11.8. The van der Waals surface area contributed by atoms with E-state index in [2.05, 4.69) is 172 Å². The third-order valence-corrected chi connectivity index (χ3v) is 17.0. The summed E-state index contributed by atoms with van der Waals surface area (Å²) in [5.74, 6) is 4.05. The highest BCUT2D eigenvalue weighted by molar-refractivity contribution is 5.98. The van der Waals surface area contributed by atoms with Crippen LogP contribution in [0, 0.1) is 43.4 Å². The Hall–Kier alpha value is -4.14. The number of carbonyl (C=O) groups is 2. The quantitative estimate of drug-likeness (QED) is 0.166. The molecule has 9 rings (SSSR count). The Labute approximate surface area is 422 Å². The van der Waals surface area contributed by atoms with Gasteiger partial charge in [0.15, 0.2) is 0 Å². The number of amides is 2. The molecule has 5 fully saturated rings. The Kier molecular flexibility index (Phi) is 14.9. The minimum atomic E-state index is 0.0242. The van der Waals surface area contributed by atoms with Crippen LogP contribution in [0.1, 0.15) is 196 Å². The minimum absolute atomic E-state index is 0.0242. The molecule has 382 valence electrons. The molecule has 2 amide bonds. The van der Waals surface area contributed by atoms with Crippen LogP contribution in [-0.2, 0) is 44.2 Å². The van der Waals surface area contributed by atoms with E-state index < -0.39 is 0 Å². The predicted octanol–water partition coefficient (Wildman–Crippen LogP) is 13.6. The largest absolute Gasteiger partial charge is 0.377 e. The van der Waals surface area contributed by atoms with Gasteiger partial charge in [-0.05, 0) is 167 Å². The first-order chi connectivity index (χ1) is 32.7. The summed E-state index contributed by atoms with van der Waals surface area (Å²) in [5, 5.41) is 6.35. The van der Waals surface area contributed by atoms with Crippen LogP contribution >= 0.6 is 0 Å². The maximum Gasteiger partial charge on any atom is 0.253 e. The van der Waals surface area contributed by atoms with Crippen molar-refractivity contribution in [1.29, 1.82) is 0 Å². The van der Waals surface area contributed by atoms with Crippen molar-refractivity contribution in [2.24, 2.45) is 29.6 Å². The van der Waals surface area contributed by atoms with Crippen molar-refractivity contribution in [1.82, 2.24) is 19.8 Å². The highest BCUT2D eigenvalue weighted by atomic mass is 16.5. The van der Waals surface area contributed by atoms with Crippen molar-refractivity contribution >= 4 is 11.8 Å². The molecular formula is C62H90N4O4. The first-order valence-electron chi connectivity index (χ1n) is 27.2. The molecule has 3 atom stereocenters. The van der Waals surface area contributed by atoms with Gasteiger partial charge in [-0.25, -0.2) is 0 Å². The topological polar surface area (TPSA) is 86.5 Å². The van der Waals surface area contributed by atoms with E-state index in [0.29, 0.717) is 32.3 Å². The van der Waals surface area contributed by atoms with Crippen LogP contribution in [0.15, 0.2) is 48.5 Å².